The van der Waals surface area contributed by atoms with Crippen molar-refractivity contribution in [1.82, 2.24) is 5.32 Å². The molecule has 3 aliphatic heterocycles. The van der Waals surface area contributed by atoms with Gasteiger partial charge in [-0.15, -0.1) is 0 Å². The van der Waals surface area contributed by atoms with Crippen molar-refractivity contribution in [3.8, 4) is 11.5 Å². The van der Waals surface area contributed by atoms with Crippen LogP contribution in [-0.2, 0) is 24.2 Å². The van der Waals surface area contributed by atoms with Crippen molar-refractivity contribution in [2.75, 3.05) is 13.3 Å². The number of aliphatic hydroxyl groups is 3. The van der Waals surface area contributed by atoms with E-state index in [1.807, 2.05) is 37.5 Å². The fraction of sp³-hybridized carbons (Fsp3) is 0.412. The number of Topliss-reactive ketones (excluding diaryl/α,β-unsaturated/α-hetero) is 1. The zero-order valence-electron chi connectivity index (χ0n) is 25.1. The van der Waals surface area contributed by atoms with E-state index in [-0.39, 0.29) is 50.3 Å². The number of nitrogens with two attached hydrogens (primary N) is 1. The first-order chi connectivity index (χ1) is 21.2. The average Bonchev–Trinajstić information content (AvgIpc) is 3.57. The number of aromatic hydroxyl groups is 1. The number of ketones is 1. The van der Waals surface area contributed by atoms with Crippen molar-refractivity contribution in [3.05, 3.63) is 87.9 Å². The maximum absolute atomic E-state index is 12.4. The van der Waals surface area contributed by atoms with Gasteiger partial charge in [0.05, 0.1) is 24.4 Å². The van der Waals surface area contributed by atoms with Crippen molar-refractivity contribution >= 4 is 17.6 Å². The number of ether oxygens (including phenoxy) is 1. The molecule has 0 amide bonds. The Morgan fingerprint density at radius 3 is 2.86 bits per heavy atom. The number of rotatable bonds is 15. The van der Waals surface area contributed by atoms with Crippen LogP contribution in [0.1, 0.15) is 73.0 Å². The quantitative estimate of drug-likeness (QED) is 0.162. The minimum atomic E-state index is -0.845. The maximum Gasteiger partial charge on any atom is 0.227 e. The van der Waals surface area contributed by atoms with Gasteiger partial charge in [0.15, 0.2) is 11.5 Å². The molecule has 8 N–H and O–H groups in total. The molecule has 3 heterocycles. The van der Waals surface area contributed by atoms with E-state index in [4.69, 9.17) is 10.5 Å². The van der Waals surface area contributed by atoms with Gasteiger partial charge in [0.2, 0.25) is 6.73 Å². The Labute approximate surface area is 257 Å². The van der Waals surface area contributed by atoms with Gasteiger partial charge in [-0.25, -0.2) is 0 Å². The predicted octanol–water partition coefficient (Wildman–Crippen LogP) is 1.92. The van der Waals surface area contributed by atoms with E-state index in [1.165, 1.54) is 0 Å². The molecule has 0 saturated heterocycles. The molecule has 0 radical (unpaired) electrons. The molecule has 0 fully saturated rings. The lowest BCUT2D eigenvalue weighted by Gasteiger charge is -2.24. The number of aliphatic imine (C=N–C) groups is 1. The smallest absolute Gasteiger partial charge is 0.227 e. The Morgan fingerprint density at radius 1 is 1.23 bits per heavy atom. The number of quaternary nitrogens is 1. The molecule has 3 aliphatic rings. The van der Waals surface area contributed by atoms with Gasteiger partial charge < -0.3 is 36.2 Å². The van der Waals surface area contributed by atoms with Gasteiger partial charge in [-0.3, -0.25) is 14.7 Å². The molecular weight excluding hydrogens is 560 g/mol. The normalized spacial score (nSPS) is 19.8. The summed E-state index contributed by atoms with van der Waals surface area (Å²) in [5, 5.41) is 43.6. The van der Waals surface area contributed by atoms with E-state index in [0.717, 1.165) is 56.0 Å². The fourth-order valence-corrected chi connectivity index (χ4v) is 6.07. The van der Waals surface area contributed by atoms with Gasteiger partial charge in [-0.05, 0) is 77.1 Å². The molecule has 2 aromatic rings. The third-order valence-corrected chi connectivity index (χ3v) is 8.42. The first kappa shape index (κ1) is 31.6. The van der Waals surface area contributed by atoms with Crippen LogP contribution in [0, 0.1) is 0 Å². The van der Waals surface area contributed by atoms with Crippen molar-refractivity contribution in [3.63, 3.8) is 0 Å². The van der Waals surface area contributed by atoms with Gasteiger partial charge in [0.25, 0.3) is 0 Å². The maximum atomic E-state index is 12.4. The van der Waals surface area contributed by atoms with E-state index in [1.54, 1.807) is 18.2 Å². The zero-order chi connectivity index (χ0) is 31.2. The fourth-order valence-electron chi connectivity index (χ4n) is 6.07. The molecule has 0 saturated carbocycles. The Morgan fingerprint density at radius 2 is 2.07 bits per heavy atom. The number of fused-ring (bicyclic) bond motifs is 2. The number of carbonyl (C=O) groups excluding carboxylic acids is 1. The largest absolute Gasteiger partial charge is 0.504 e. The van der Waals surface area contributed by atoms with Crippen LogP contribution < -0.4 is 20.7 Å². The summed E-state index contributed by atoms with van der Waals surface area (Å²) in [6.45, 7) is 2.83. The van der Waals surface area contributed by atoms with Gasteiger partial charge in [0, 0.05) is 25.5 Å². The van der Waals surface area contributed by atoms with Crippen LogP contribution in [0.15, 0.2) is 65.1 Å². The second-order valence-corrected chi connectivity index (χ2v) is 11.8. The van der Waals surface area contributed by atoms with Crippen LogP contribution in [0.25, 0.3) is 6.08 Å². The average molecular weight is 604 g/mol. The molecule has 44 heavy (non-hydrogen) atoms. The Hall–Kier alpha value is -3.80. The highest BCUT2D eigenvalue weighted by molar-refractivity contribution is 6.08. The number of hydrogen-bond acceptors (Lipinski definition) is 9. The number of aliphatic hydroxyl groups excluding tert-OH is 3. The first-order valence-electron chi connectivity index (χ1n) is 15.3. The van der Waals surface area contributed by atoms with Crippen LogP contribution in [-0.4, -0.2) is 57.4 Å². The lowest BCUT2D eigenvalue weighted by atomic mass is 9.88. The molecule has 1 unspecified atom stereocenters. The van der Waals surface area contributed by atoms with E-state index < -0.39 is 12.2 Å². The Balaban J connectivity index is 1.17. The SMILES string of the molecule is CCC[C@H](O)C[C@@H](O)CC(=O)CCc1ccc(O)c(OC[NH+]2C=C3C(Cc4c(CO)ccc5c4C=CN[C@H]5N)=CN=C3C2)c1. The molecule has 4 atom stereocenters. The predicted molar refractivity (Wildman–Crippen MR) is 168 cm³/mol. The van der Waals surface area contributed by atoms with Crippen LogP contribution in [0.4, 0.5) is 0 Å². The van der Waals surface area contributed by atoms with E-state index in [0.29, 0.717) is 31.6 Å². The number of aryl methyl sites for hydroxylation is 1. The zero-order valence-corrected chi connectivity index (χ0v) is 25.1. The molecule has 5 rings (SSSR count). The molecule has 234 valence electrons. The van der Waals surface area contributed by atoms with E-state index in [2.05, 4.69) is 16.5 Å². The van der Waals surface area contributed by atoms with Crippen LogP contribution >= 0.6 is 0 Å². The summed E-state index contributed by atoms with van der Waals surface area (Å²) in [5.74, 6) is 0.299. The monoisotopic (exact) mass is 603 g/mol. The van der Waals surface area contributed by atoms with Gasteiger partial charge >= 0.3 is 0 Å². The molecule has 10 heteroatoms. The molecule has 2 aromatic carbocycles. The Kier molecular flexibility index (Phi) is 10.3. The molecule has 0 aromatic heterocycles. The highest BCUT2D eigenvalue weighted by atomic mass is 16.5. The highest BCUT2D eigenvalue weighted by Gasteiger charge is 2.31. The molecule has 0 aliphatic carbocycles. The number of phenolic OH excluding ortho intramolecular Hbond substituents is 1. The third kappa shape index (κ3) is 7.46. The summed E-state index contributed by atoms with van der Waals surface area (Å²) < 4.78 is 6.02. The van der Waals surface area contributed by atoms with Crippen LogP contribution in [0.2, 0.25) is 0 Å². The summed E-state index contributed by atoms with van der Waals surface area (Å²) in [4.78, 5) is 18.1. The van der Waals surface area contributed by atoms with Gasteiger partial charge in [0.1, 0.15) is 30.4 Å². The van der Waals surface area contributed by atoms with E-state index >= 15 is 0 Å². The minimum Gasteiger partial charge on any atom is -0.504 e. The van der Waals surface area contributed by atoms with Crippen molar-refractivity contribution in [2.45, 2.75) is 76.9 Å². The van der Waals surface area contributed by atoms with Gasteiger partial charge in [-0.2, -0.15) is 0 Å². The molecule has 0 bridgehead atoms. The summed E-state index contributed by atoms with van der Waals surface area (Å²) >= 11 is 0. The van der Waals surface area contributed by atoms with Crippen LogP contribution in [0.5, 0.6) is 11.5 Å². The third-order valence-electron chi connectivity index (χ3n) is 8.42. The molecular formula is C34H43N4O6+. The number of phenols is 1. The molecule has 10 nitrogen and oxygen atoms in total. The topological polar surface area (TPSA) is 162 Å². The summed E-state index contributed by atoms with van der Waals surface area (Å²) in [5.41, 5.74) is 14.1. The first-order valence-corrected chi connectivity index (χ1v) is 15.3. The highest BCUT2D eigenvalue weighted by Crippen LogP contribution is 2.32. The van der Waals surface area contributed by atoms with E-state index in [9.17, 15) is 25.2 Å². The number of nitrogens with zero attached hydrogens (tertiary/aromatic N) is 1. The number of nitrogens with one attached hydrogen (secondary N) is 2. The summed E-state index contributed by atoms with van der Waals surface area (Å²) in [7, 11) is 0. The van der Waals surface area contributed by atoms with Crippen molar-refractivity contribution in [2.24, 2.45) is 10.7 Å². The molecule has 0 spiro atoms. The second kappa shape index (κ2) is 14.3. The van der Waals surface area contributed by atoms with Gasteiger partial charge in [-0.1, -0.05) is 31.5 Å². The number of benzene rings is 2. The van der Waals surface area contributed by atoms with Crippen molar-refractivity contribution in [1.29, 1.82) is 0 Å². The second-order valence-electron chi connectivity index (χ2n) is 11.8. The number of carbonyl (C=O) groups is 1. The Bertz CT molecular complexity index is 1500. The van der Waals surface area contributed by atoms with Crippen LogP contribution in [0.3, 0.4) is 0 Å². The number of allylic oxidation sites excluding steroid dienone is 1. The lowest BCUT2D eigenvalue weighted by molar-refractivity contribution is -0.851. The summed E-state index contributed by atoms with van der Waals surface area (Å²) in [6.07, 6.45) is 9.08. The van der Waals surface area contributed by atoms with Crippen molar-refractivity contribution < 1.29 is 34.9 Å². The minimum absolute atomic E-state index is 0.0189. The standard InChI is InChI=1S/C34H42N4O6/c1-2-3-24(40)14-26(42)15-25(41)7-4-21-5-9-32(43)33(12-21)44-20-38-17-30-23(16-37-31(30)18-38)13-29-22(19-39)6-8-28-27(29)10-11-36-34(28)35/h5-6,8-12,16-17,24,26,34,36,39-40,42-43H,2-4,7,13-15,18-20,35H2,1H3/p+1/t24-,26+,34+/m0/s1. The number of hydrogen-bond donors (Lipinski definition) is 7. The summed E-state index contributed by atoms with van der Waals surface area (Å²) in [6, 6.07) is 8.97. The lowest BCUT2D eigenvalue weighted by Crippen LogP contribution is -3.07.